The Labute approximate surface area is 98.5 Å². The molecule has 0 bridgehead atoms. The van der Waals surface area contributed by atoms with Crippen LogP contribution in [0.15, 0.2) is 30.3 Å². The van der Waals surface area contributed by atoms with Crippen LogP contribution in [-0.2, 0) is 0 Å². The second kappa shape index (κ2) is 4.58. The molecule has 1 nitrogen and oxygen atoms in total. The van der Waals surface area contributed by atoms with E-state index in [1.165, 1.54) is 18.4 Å². The van der Waals surface area contributed by atoms with Crippen molar-refractivity contribution in [3.05, 3.63) is 35.9 Å². The highest BCUT2D eigenvalue weighted by atomic mass is 16.3. The predicted molar refractivity (Wildman–Crippen MR) is 67.4 cm³/mol. The van der Waals surface area contributed by atoms with E-state index in [4.69, 9.17) is 0 Å². The summed E-state index contributed by atoms with van der Waals surface area (Å²) in [4.78, 5) is 0. The minimum atomic E-state index is 0.206. The minimum absolute atomic E-state index is 0.206. The molecule has 0 aliphatic heterocycles. The first-order valence-electron chi connectivity index (χ1n) is 6.31. The first kappa shape index (κ1) is 11.7. The number of hydrogen-bond acceptors (Lipinski definition) is 1. The van der Waals surface area contributed by atoms with Gasteiger partial charge in [0.25, 0.3) is 0 Å². The van der Waals surface area contributed by atoms with Crippen molar-refractivity contribution in [3.63, 3.8) is 0 Å². The van der Waals surface area contributed by atoms with Crippen LogP contribution in [0.4, 0.5) is 0 Å². The molecule has 0 heterocycles. The minimum Gasteiger partial charge on any atom is -0.396 e. The normalized spacial score (nSPS) is 18.4. The lowest BCUT2D eigenvalue weighted by molar-refractivity contribution is 0.171. The molecule has 16 heavy (non-hydrogen) atoms. The molecule has 1 fully saturated rings. The molecule has 0 amide bonds. The summed E-state index contributed by atoms with van der Waals surface area (Å²) < 4.78 is 0. The van der Waals surface area contributed by atoms with Crippen LogP contribution >= 0.6 is 0 Å². The van der Waals surface area contributed by atoms with E-state index < -0.39 is 0 Å². The molecule has 1 aromatic carbocycles. The first-order valence-corrected chi connectivity index (χ1v) is 6.31. The number of benzene rings is 1. The molecular weight excluding hydrogens is 196 g/mol. The van der Waals surface area contributed by atoms with Crippen LogP contribution in [0.3, 0.4) is 0 Å². The maximum absolute atomic E-state index is 9.20. The van der Waals surface area contributed by atoms with Crippen LogP contribution in [-0.4, -0.2) is 11.7 Å². The summed E-state index contributed by atoms with van der Waals surface area (Å²) in [6, 6.07) is 10.8. The van der Waals surface area contributed by atoms with E-state index in [1.54, 1.807) is 0 Å². The van der Waals surface area contributed by atoms with Gasteiger partial charge in [-0.25, -0.2) is 0 Å². The quantitative estimate of drug-likeness (QED) is 0.800. The van der Waals surface area contributed by atoms with Crippen molar-refractivity contribution in [2.45, 2.75) is 39.0 Å². The fourth-order valence-corrected chi connectivity index (χ4v) is 2.90. The Kier molecular flexibility index (Phi) is 3.34. The number of hydrogen-bond donors (Lipinski definition) is 1. The third-order valence-electron chi connectivity index (χ3n) is 3.85. The molecule has 2 rings (SSSR count). The lowest BCUT2D eigenvalue weighted by Gasteiger charge is -2.35. The van der Waals surface area contributed by atoms with Gasteiger partial charge in [-0.05, 0) is 42.1 Å². The Bertz CT molecular complexity index is 325. The fourth-order valence-electron chi connectivity index (χ4n) is 2.90. The van der Waals surface area contributed by atoms with Crippen molar-refractivity contribution in [3.8, 4) is 0 Å². The lowest BCUT2D eigenvalue weighted by Crippen LogP contribution is -2.25. The zero-order valence-electron chi connectivity index (χ0n) is 10.3. The van der Waals surface area contributed by atoms with Crippen LogP contribution in [0.5, 0.6) is 0 Å². The van der Waals surface area contributed by atoms with Gasteiger partial charge in [0.15, 0.2) is 0 Å². The van der Waals surface area contributed by atoms with Gasteiger partial charge >= 0.3 is 0 Å². The highest BCUT2D eigenvalue weighted by Gasteiger charge is 2.41. The number of aliphatic hydroxyl groups is 1. The Balaban J connectivity index is 2.24. The summed E-state index contributed by atoms with van der Waals surface area (Å²) in [6.45, 7) is 4.88. The Hall–Kier alpha value is -0.820. The van der Waals surface area contributed by atoms with Crippen molar-refractivity contribution >= 4 is 0 Å². The summed E-state index contributed by atoms with van der Waals surface area (Å²) in [5.41, 5.74) is 1.65. The van der Waals surface area contributed by atoms with Crippen molar-refractivity contribution in [1.29, 1.82) is 0 Å². The van der Waals surface area contributed by atoms with Crippen molar-refractivity contribution in [2.24, 2.45) is 11.3 Å². The summed E-state index contributed by atoms with van der Waals surface area (Å²) in [6.07, 6.45) is 3.60. The van der Waals surface area contributed by atoms with Gasteiger partial charge in [-0.15, -0.1) is 0 Å². The van der Waals surface area contributed by atoms with Crippen molar-refractivity contribution in [1.82, 2.24) is 0 Å². The average molecular weight is 218 g/mol. The standard InChI is InChI=1S/C15H22O/c1-15(2,10-11-16)14(13-8-9-13)12-6-4-3-5-7-12/h3-7,13-14,16H,8-11H2,1-2H3. The third-order valence-corrected chi connectivity index (χ3v) is 3.85. The molecule has 1 aliphatic rings. The van der Waals surface area contributed by atoms with Crippen LogP contribution in [0.1, 0.15) is 44.6 Å². The zero-order valence-corrected chi connectivity index (χ0v) is 10.3. The fraction of sp³-hybridized carbons (Fsp3) is 0.600. The highest BCUT2D eigenvalue weighted by molar-refractivity contribution is 5.24. The summed E-state index contributed by atoms with van der Waals surface area (Å²) in [7, 11) is 0. The molecule has 1 aromatic rings. The maximum Gasteiger partial charge on any atom is 0.0436 e. The van der Waals surface area contributed by atoms with Gasteiger partial charge in [-0.1, -0.05) is 44.2 Å². The highest BCUT2D eigenvalue weighted by Crippen LogP contribution is 2.52. The van der Waals surface area contributed by atoms with E-state index in [9.17, 15) is 5.11 Å². The van der Waals surface area contributed by atoms with E-state index in [0.717, 1.165) is 12.3 Å². The third kappa shape index (κ3) is 2.46. The first-order chi connectivity index (χ1) is 7.65. The molecule has 1 aliphatic carbocycles. The van der Waals surface area contributed by atoms with Crippen LogP contribution in [0.2, 0.25) is 0 Å². The van der Waals surface area contributed by atoms with E-state index in [-0.39, 0.29) is 5.41 Å². The molecule has 1 unspecified atom stereocenters. The van der Waals surface area contributed by atoms with Crippen LogP contribution in [0, 0.1) is 11.3 Å². The maximum atomic E-state index is 9.20. The number of aliphatic hydroxyl groups excluding tert-OH is 1. The van der Waals surface area contributed by atoms with Gasteiger partial charge < -0.3 is 5.11 Å². The summed E-state index contributed by atoms with van der Waals surface area (Å²) >= 11 is 0. The topological polar surface area (TPSA) is 20.2 Å². The summed E-state index contributed by atoms with van der Waals surface area (Å²) in [5.74, 6) is 1.45. The van der Waals surface area contributed by atoms with Gasteiger partial charge in [0, 0.05) is 6.61 Å². The van der Waals surface area contributed by atoms with Gasteiger partial charge in [-0.3, -0.25) is 0 Å². The van der Waals surface area contributed by atoms with Crippen LogP contribution in [0.25, 0.3) is 0 Å². The molecule has 1 saturated carbocycles. The molecule has 0 aromatic heterocycles. The van der Waals surface area contributed by atoms with E-state index in [2.05, 4.69) is 44.2 Å². The lowest BCUT2D eigenvalue weighted by atomic mass is 9.70. The van der Waals surface area contributed by atoms with Gasteiger partial charge in [0.05, 0.1) is 0 Å². The van der Waals surface area contributed by atoms with Crippen molar-refractivity contribution in [2.75, 3.05) is 6.61 Å². The van der Waals surface area contributed by atoms with Gasteiger partial charge in [0.1, 0.15) is 0 Å². The summed E-state index contributed by atoms with van der Waals surface area (Å²) in [5, 5.41) is 9.20. The molecule has 0 saturated heterocycles. The average Bonchev–Trinajstić information content (AvgIpc) is 3.03. The molecule has 1 N–H and O–H groups in total. The zero-order chi connectivity index (χ0) is 11.6. The number of rotatable bonds is 5. The Morgan fingerprint density at radius 1 is 1.25 bits per heavy atom. The van der Waals surface area contributed by atoms with E-state index in [0.29, 0.717) is 12.5 Å². The molecule has 88 valence electrons. The molecule has 0 radical (unpaired) electrons. The Morgan fingerprint density at radius 2 is 1.88 bits per heavy atom. The van der Waals surface area contributed by atoms with Crippen molar-refractivity contribution < 1.29 is 5.11 Å². The molecule has 1 atom stereocenters. The second-order valence-electron chi connectivity index (χ2n) is 5.69. The smallest absolute Gasteiger partial charge is 0.0436 e. The second-order valence-corrected chi connectivity index (χ2v) is 5.69. The molecule has 0 spiro atoms. The molecule has 1 heteroatoms. The van der Waals surface area contributed by atoms with Gasteiger partial charge in [-0.2, -0.15) is 0 Å². The van der Waals surface area contributed by atoms with E-state index in [1.807, 2.05) is 0 Å². The SMILES string of the molecule is CC(C)(CCO)C(c1ccccc1)C1CC1. The monoisotopic (exact) mass is 218 g/mol. The van der Waals surface area contributed by atoms with Crippen LogP contribution < -0.4 is 0 Å². The largest absolute Gasteiger partial charge is 0.396 e. The predicted octanol–water partition coefficient (Wildman–Crippen LogP) is 3.59. The van der Waals surface area contributed by atoms with E-state index >= 15 is 0 Å². The molecular formula is C15H22O. The van der Waals surface area contributed by atoms with Gasteiger partial charge in [0.2, 0.25) is 0 Å². The Morgan fingerprint density at radius 3 is 2.38 bits per heavy atom.